The summed E-state index contributed by atoms with van der Waals surface area (Å²) in [5, 5.41) is 3.45. The van der Waals surface area contributed by atoms with Crippen LogP contribution in [-0.4, -0.2) is 32.9 Å². The molecule has 1 amide bonds. The molecule has 2 heterocycles. The van der Waals surface area contributed by atoms with Gasteiger partial charge in [-0.25, -0.2) is 0 Å². The molecule has 0 spiro atoms. The van der Waals surface area contributed by atoms with Crippen LogP contribution in [0.5, 0.6) is 0 Å². The summed E-state index contributed by atoms with van der Waals surface area (Å²) in [7, 11) is 0. The van der Waals surface area contributed by atoms with Crippen molar-refractivity contribution >= 4 is 29.0 Å². The first-order valence-corrected chi connectivity index (χ1v) is 11.8. The summed E-state index contributed by atoms with van der Waals surface area (Å²) in [6, 6.07) is 14.1. The zero-order valence-electron chi connectivity index (χ0n) is 19.0. The van der Waals surface area contributed by atoms with Gasteiger partial charge in [-0.2, -0.15) is 0 Å². The van der Waals surface area contributed by atoms with Crippen LogP contribution < -0.4 is 10.9 Å². The lowest BCUT2D eigenvalue weighted by molar-refractivity contribution is 0.0951. The van der Waals surface area contributed by atoms with Crippen molar-refractivity contribution in [3.8, 4) is 0 Å². The van der Waals surface area contributed by atoms with Crippen molar-refractivity contribution < 1.29 is 4.79 Å². The van der Waals surface area contributed by atoms with E-state index in [0.29, 0.717) is 40.4 Å². The molecule has 6 nitrogen and oxygen atoms in total. The van der Waals surface area contributed by atoms with E-state index in [1.807, 2.05) is 0 Å². The molecule has 172 valence electrons. The number of nitrogens with one attached hydrogen (secondary N) is 2. The number of likely N-dealkylation sites (tertiary alicyclic amines) is 1. The molecule has 0 saturated carbocycles. The van der Waals surface area contributed by atoms with Crippen molar-refractivity contribution in [2.75, 3.05) is 6.54 Å². The zero-order valence-corrected chi connectivity index (χ0v) is 19.8. The fraction of sp³-hybridized carbons (Fsp3) is 0.346. The highest BCUT2D eigenvalue weighted by atomic mass is 32.1. The lowest BCUT2D eigenvalue weighted by Crippen LogP contribution is -2.36. The number of hydrogen-bond acceptors (Lipinski definition) is 4. The quantitative estimate of drug-likeness (QED) is 0.399. The largest absolute Gasteiger partial charge is 0.348 e. The third kappa shape index (κ3) is 5.31. The molecule has 0 bridgehead atoms. The summed E-state index contributed by atoms with van der Waals surface area (Å²) in [6.45, 7) is 8.88. The maximum Gasteiger partial charge on any atom is 0.262 e. The van der Waals surface area contributed by atoms with E-state index in [2.05, 4.69) is 53.0 Å². The number of allylic oxidation sites excluding steroid dienone is 1. The Morgan fingerprint density at radius 3 is 2.70 bits per heavy atom. The summed E-state index contributed by atoms with van der Waals surface area (Å²) < 4.78 is 1.75. The Hall–Kier alpha value is -3.03. The van der Waals surface area contributed by atoms with Crippen LogP contribution >= 0.6 is 12.2 Å². The molecule has 1 saturated heterocycles. The molecule has 2 aromatic carbocycles. The summed E-state index contributed by atoms with van der Waals surface area (Å²) in [5.74, 6) is -0.197. The SMILES string of the molecule is C=CCn1c(=S)[nH]c2cc(C(=O)NCc3ccc(CN4CCCCC4C)cc3)ccc2c1=O. The molecule has 3 aromatic rings. The number of piperidine rings is 1. The van der Waals surface area contributed by atoms with E-state index in [0.717, 1.165) is 18.7 Å². The smallest absolute Gasteiger partial charge is 0.262 e. The van der Waals surface area contributed by atoms with Crippen molar-refractivity contribution in [1.82, 2.24) is 19.8 Å². The average Bonchev–Trinajstić information content (AvgIpc) is 2.82. The van der Waals surface area contributed by atoms with E-state index >= 15 is 0 Å². The highest BCUT2D eigenvalue weighted by molar-refractivity contribution is 7.71. The normalized spacial score (nSPS) is 16.6. The molecule has 1 atom stereocenters. The minimum atomic E-state index is -0.197. The second-order valence-electron chi connectivity index (χ2n) is 8.71. The number of fused-ring (bicyclic) bond motifs is 1. The predicted octanol–water partition coefficient (Wildman–Crippen LogP) is 4.55. The van der Waals surface area contributed by atoms with Crippen LogP contribution in [0.3, 0.4) is 0 Å². The molecular formula is C26H30N4O2S. The highest BCUT2D eigenvalue weighted by Crippen LogP contribution is 2.19. The van der Waals surface area contributed by atoms with Crippen LogP contribution in [0.2, 0.25) is 0 Å². The van der Waals surface area contributed by atoms with Gasteiger partial charge in [-0.15, -0.1) is 6.58 Å². The number of benzene rings is 2. The number of amides is 1. The van der Waals surface area contributed by atoms with Gasteiger partial charge in [0.25, 0.3) is 11.5 Å². The summed E-state index contributed by atoms with van der Waals surface area (Å²) in [5.41, 5.74) is 3.18. The third-order valence-electron chi connectivity index (χ3n) is 6.36. The molecular weight excluding hydrogens is 432 g/mol. The highest BCUT2D eigenvalue weighted by Gasteiger charge is 2.18. The number of rotatable bonds is 7. The third-order valence-corrected chi connectivity index (χ3v) is 6.68. The lowest BCUT2D eigenvalue weighted by Gasteiger charge is -2.33. The predicted molar refractivity (Wildman–Crippen MR) is 135 cm³/mol. The van der Waals surface area contributed by atoms with Gasteiger partial charge in [0.1, 0.15) is 0 Å². The van der Waals surface area contributed by atoms with E-state index < -0.39 is 0 Å². The Morgan fingerprint density at radius 1 is 1.21 bits per heavy atom. The second-order valence-corrected chi connectivity index (χ2v) is 9.10. The van der Waals surface area contributed by atoms with E-state index in [-0.39, 0.29) is 11.5 Å². The molecule has 0 aliphatic carbocycles. The fourth-order valence-electron chi connectivity index (χ4n) is 4.36. The fourth-order valence-corrected chi connectivity index (χ4v) is 4.63. The van der Waals surface area contributed by atoms with Crippen LogP contribution in [0.15, 0.2) is 59.9 Å². The van der Waals surface area contributed by atoms with E-state index in [4.69, 9.17) is 12.2 Å². The first kappa shape index (κ1) is 23.1. The number of carbonyl (C=O) groups is 1. The molecule has 1 aliphatic rings. The van der Waals surface area contributed by atoms with Gasteiger partial charge in [-0.05, 0) is 67.9 Å². The Labute approximate surface area is 198 Å². The summed E-state index contributed by atoms with van der Waals surface area (Å²) >= 11 is 5.28. The number of carbonyl (C=O) groups excluding carboxylic acids is 1. The van der Waals surface area contributed by atoms with Gasteiger partial charge >= 0.3 is 0 Å². The van der Waals surface area contributed by atoms with Crippen molar-refractivity contribution in [1.29, 1.82) is 0 Å². The molecule has 2 N–H and O–H groups in total. The van der Waals surface area contributed by atoms with Gasteiger partial charge in [0.15, 0.2) is 4.77 Å². The minimum absolute atomic E-state index is 0.195. The van der Waals surface area contributed by atoms with Gasteiger partial charge < -0.3 is 10.3 Å². The number of aromatic nitrogens is 2. The van der Waals surface area contributed by atoms with E-state index in [1.54, 1.807) is 24.3 Å². The Kier molecular flexibility index (Phi) is 7.20. The molecule has 0 radical (unpaired) electrons. The maximum atomic E-state index is 12.7. The van der Waals surface area contributed by atoms with Gasteiger partial charge in [0, 0.05) is 31.2 Å². The van der Waals surface area contributed by atoms with Crippen molar-refractivity contribution in [2.45, 2.75) is 51.9 Å². The van der Waals surface area contributed by atoms with Gasteiger partial charge in [-0.1, -0.05) is 36.8 Å². The maximum absolute atomic E-state index is 12.7. The second kappa shape index (κ2) is 10.3. The van der Waals surface area contributed by atoms with Crippen LogP contribution in [0.1, 0.15) is 47.7 Å². The van der Waals surface area contributed by atoms with Crippen LogP contribution in [0.4, 0.5) is 0 Å². The van der Waals surface area contributed by atoms with E-state index in [1.165, 1.54) is 29.4 Å². The molecule has 4 rings (SSSR count). The number of hydrogen-bond donors (Lipinski definition) is 2. The minimum Gasteiger partial charge on any atom is -0.348 e. The van der Waals surface area contributed by atoms with Crippen molar-refractivity contribution in [3.63, 3.8) is 0 Å². The van der Waals surface area contributed by atoms with Gasteiger partial charge in [-0.3, -0.25) is 19.1 Å². The molecule has 7 heteroatoms. The monoisotopic (exact) mass is 462 g/mol. The standard InChI is InChI=1S/C26H30N4O2S/c1-3-13-30-25(32)22-12-11-21(15-23(22)28-26(30)33)24(31)27-16-19-7-9-20(10-8-19)17-29-14-5-4-6-18(29)2/h3,7-12,15,18H,1,4-6,13-14,16-17H2,2H3,(H,27,31)(H,28,33). The zero-order chi connectivity index (χ0) is 23.4. The Balaban J connectivity index is 1.41. The van der Waals surface area contributed by atoms with Gasteiger partial charge in [0.05, 0.1) is 10.9 Å². The molecule has 33 heavy (non-hydrogen) atoms. The first-order valence-electron chi connectivity index (χ1n) is 11.4. The molecule has 1 aliphatic heterocycles. The number of H-pyrrole nitrogens is 1. The number of nitrogens with zero attached hydrogens (tertiary/aromatic N) is 2. The van der Waals surface area contributed by atoms with Gasteiger partial charge in [0.2, 0.25) is 0 Å². The Morgan fingerprint density at radius 2 is 1.97 bits per heavy atom. The molecule has 1 aromatic heterocycles. The van der Waals surface area contributed by atoms with Crippen LogP contribution in [0, 0.1) is 4.77 Å². The topological polar surface area (TPSA) is 70.1 Å². The lowest BCUT2D eigenvalue weighted by atomic mass is 10.0. The van der Waals surface area contributed by atoms with Crippen molar-refractivity contribution in [3.05, 3.63) is 86.9 Å². The first-order chi connectivity index (χ1) is 16.0. The van der Waals surface area contributed by atoms with Crippen LogP contribution in [-0.2, 0) is 19.6 Å². The molecule has 1 unspecified atom stereocenters. The number of aromatic amines is 1. The van der Waals surface area contributed by atoms with Crippen LogP contribution in [0.25, 0.3) is 10.9 Å². The molecule has 1 fully saturated rings. The average molecular weight is 463 g/mol. The van der Waals surface area contributed by atoms with E-state index in [9.17, 15) is 9.59 Å². The van der Waals surface area contributed by atoms with Crippen molar-refractivity contribution in [2.24, 2.45) is 0 Å². The summed E-state index contributed by atoms with van der Waals surface area (Å²) in [6.07, 6.45) is 5.50. The summed E-state index contributed by atoms with van der Waals surface area (Å²) in [4.78, 5) is 30.9. The Bertz CT molecular complexity index is 1280.